The van der Waals surface area contributed by atoms with E-state index in [2.05, 4.69) is 48.5 Å². The van der Waals surface area contributed by atoms with Crippen molar-refractivity contribution in [1.29, 1.82) is 0 Å². The third-order valence-electron chi connectivity index (χ3n) is 4.54. The van der Waals surface area contributed by atoms with Gasteiger partial charge in [-0.25, -0.2) is 0 Å². The van der Waals surface area contributed by atoms with E-state index in [1.807, 2.05) is 30.3 Å². The fourth-order valence-electron chi connectivity index (χ4n) is 3.46. The van der Waals surface area contributed by atoms with Gasteiger partial charge >= 0.3 is 0 Å². The first-order valence-corrected chi connectivity index (χ1v) is 8.28. The Morgan fingerprint density at radius 2 is 1.42 bits per heavy atom. The highest BCUT2D eigenvalue weighted by atomic mass is 35.5. The van der Waals surface area contributed by atoms with Crippen LogP contribution in [0.15, 0.2) is 83.3 Å². The molecule has 114 valence electrons. The Bertz CT molecular complexity index is 1200. The number of furan rings is 1. The minimum atomic E-state index is 0.723. The standard InChI is InChI=1S/C22H13ClO/c23-19-11-6-12-20-21(19)18-13-17(14-7-2-1-3-8-14)15-9-4-5-10-16(15)22(18)24-20/h1-13H. The molecule has 5 rings (SSSR count). The van der Waals surface area contributed by atoms with Crippen LogP contribution in [0.2, 0.25) is 5.02 Å². The van der Waals surface area contributed by atoms with Crippen LogP contribution in [0.4, 0.5) is 0 Å². The second-order valence-corrected chi connectivity index (χ2v) is 6.33. The van der Waals surface area contributed by atoms with E-state index in [0.29, 0.717) is 0 Å². The largest absolute Gasteiger partial charge is 0.455 e. The number of fused-ring (bicyclic) bond motifs is 5. The van der Waals surface area contributed by atoms with Crippen molar-refractivity contribution < 1.29 is 4.42 Å². The molecule has 4 aromatic carbocycles. The average Bonchev–Trinajstić information content (AvgIpc) is 3.02. The van der Waals surface area contributed by atoms with Crippen molar-refractivity contribution in [1.82, 2.24) is 0 Å². The minimum Gasteiger partial charge on any atom is -0.455 e. The van der Waals surface area contributed by atoms with Gasteiger partial charge in [-0.3, -0.25) is 0 Å². The summed E-state index contributed by atoms with van der Waals surface area (Å²) in [6, 6.07) is 26.8. The zero-order valence-electron chi connectivity index (χ0n) is 12.8. The normalized spacial score (nSPS) is 11.5. The van der Waals surface area contributed by atoms with Crippen LogP contribution in [-0.2, 0) is 0 Å². The zero-order valence-corrected chi connectivity index (χ0v) is 13.5. The smallest absolute Gasteiger partial charge is 0.143 e. The molecular formula is C22H13ClO. The van der Waals surface area contributed by atoms with Crippen molar-refractivity contribution in [3.63, 3.8) is 0 Å². The van der Waals surface area contributed by atoms with Crippen LogP contribution < -0.4 is 0 Å². The molecule has 0 saturated carbocycles. The lowest BCUT2D eigenvalue weighted by Crippen LogP contribution is -1.82. The lowest BCUT2D eigenvalue weighted by molar-refractivity contribution is 0.672. The first kappa shape index (κ1) is 13.6. The summed E-state index contributed by atoms with van der Waals surface area (Å²) in [6.07, 6.45) is 0. The van der Waals surface area contributed by atoms with Gasteiger partial charge in [0.2, 0.25) is 0 Å². The maximum absolute atomic E-state index is 6.47. The van der Waals surface area contributed by atoms with E-state index in [9.17, 15) is 0 Å². The fourth-order valence-corrected chi connectivity index (χ4v) is 3.73. The highest BCUT2D eigenvalue weighted by Crippen LogP contribution is 2.41. The summed E-state index contributed by atoms with van der Waals surface area (Å²) >= 11 is 6.47. The van der Waals surface area contributed by atoms with Gasteiger partial charge in [0, 0.05) is 16.2 Å². The molecular weight excluding hydrogens is 316 g/mol. The zero-order chi connectivity index (χ0) is 16.1. The molecule has 0 unspecified atom stereocenters. The highest BCUT2D eigenvalue weighted by molar-refractivity contribution is 6.38. The summed E-state index contributed by atoms with van der Waals surface area (Å²) < 4.78 is 6.15. The van der Waals surface area contributed by atoms with Crippen LogP contribution in [0.1, 0.15) is 0 Å². The lowest BCUT2D eigenvalue weighted by atomic mass is 9.95. The highest BCUT2D eigenvalue weighted by Gasteiger charge is 2.15. The summed E-state index contributed by atoms with van der Waals surface area (Å²) in [6.45, 7) is 0. The molecule has 1 nitrogen and oxygen atoms in total. The van der Waals surface area contributed by atoms with Crippen LogP contribution in [0.5, 0.6) is 0 Å². The molecule has 2 heteroatoms. The molecule has 0 spiro atoms. The Morgan fingerprint density at radius 3 is 2.25 bits per heavy atom. The molecule has 0 aliphatic rings. The molecule has 0 saturated heterocycles. The van der Waals surface area contributed by atoms with Crippen molar-refractivity contribution in [3.05, 3.63) is 83.9 Å². The Labute approximate surface area is 144 Å². The Morgan fingerprint density at radius 1 is 0.667 bits per heavy atom. The van der Waals surface area contributed by atoms with Gasteiger partial charge in [-0.15, -0.1) is 0 Å². The van der Waals surface area contributed by atoms with Gasteiger partial charge in [-0.2, -0.15) is 0 Å². The molecule has 1 heterocycles. The van der Waals surface area contributed by atoms with Crippen LogP contribution in [0.3, 0.4) is 0 Å². The van der Waals surface area contributed by atoms with Crippen molar-refractivity contribution in [2.45, 2.75) is 0 Å². The summed E-state index contributed by atoms with van der Waals surface area (Å²) in [5.74, 6) is 0. The van der Waals surface area contributed by atoms with Gasteiger partial charge in [-0.05, 0) is 34.7 Å². The van der Waals surface area contributed by atoms with Crippen LogP contribution in [0.25, 0.3) is 43.8 Å². The average molecular weight is 329 g/mol. The van der Waals surface area contributed by atoms with Crippen LogP contribution >= 0.6 is 11.6 Å². The van der Waals surface area contributed by atoms with Crippen molar-refractivity contribution in [2.24, 2.45) is 0 Å². The first-order chi connectivity index (χ1) is 11.8. The van der Waals surface area contributed by atoms with E-state index in [4.69, 9.17) is 16.0 Å². The van der Waals surface area contributed by atoms with E-state index in [1.54, 1.807) is 0 Å². The van der Waals surface area contributed by atoms with Gasteiger partial charge in [0.25, 0.3) is 0 Å². The monoisotopic (exact) mass is 328 g/mol. The van der Waals surface area contributed by atoms with E-state index >= 15 is 0 Å². The number of rotatable bonds is 1. The Balaban J connectivity index is 2.04. The lowest BCUT2D eigenvalue weighted by Gasteiger charge is -2.08. The number of hydrogen-bond acceptors (Lipinski definition) is 1. The molecule has 0 bridgehead atoms. The number of halogens is 1. The first-order valence-electron chi connectivity index (χ1n) is 7.91. The number of hydrogen-bond donors (Lipinski definition) is 0. The summed E-state index contributed by atoms with van der Waals surface area (Å²) in [7, 11) is 0. The summed E-state index contributed by atoms with van der Waals surface area (Å²) in [4.78, 5) is 0. The molecule has 0 amide bonds. The second kappa shape index (κ2) is 5.12. The predicted octanol–water partition coefficient (Wildman–Crippen LogP) is 7.06. The maximum atomic E-state index is 6.47. The quantitative estimate of drug-likeness (QED) is 0.321. The third kappa shape index (κ3) is 1.88. The molecule has 0 aliphatic heterocycles. The summed E-state index contributed by atoms with van der Waals surface area (Å²) in [5.41, 5.74) is 4.11. The Hall–Kier alpha value is -2.77. The molecule has 5 aromatic rings. The molecule has 0 aliphatic carbocycles. The molecule has 0 fully saturated rings. The fraction of sp³-hybridized carbons (Fsp3) is 0. The number of benzene rings is 4. The minimum absolute atomic E-state index is 0.723. The third-order valence-corrected chi connectivity index (χ3v) is 4.85. The molecule has 24 heavy (non-hydrogen) atoms. The molecule has 0 N–H and O–H groups in total. The van der Waals surface area contributed by atoms with Crippen LogP contribution in [-0.4, -0.2) is 0 Å². The van der Waals surface area contributed by atoms with E-state index in [1.165, 1.54) is 16.5 Å². The van der Waals surface area contributed by atoms with Gasteiger partial charge in [0.1, 0.15) is 11.2 Å². The second-order valence-electron chi connectivity index (χ2n) is 5.93. The topological polar surface area (TPSA) is 13.1 Å². The van der Waals surface area contributed by atoms with Gasteiger partial charge < -0.3 is 4.42 Å². The molecule has 1 aromatic heterocycles. The van der Waals surface area contributed by atoms with Gasteiger partial charge in [0.05, 0.1) is 5.02 Å². The maximum Gasteiger partial charge on any atom is 0.143 e. The molecule has 0 radical (unpaired) electrons. The SMILES string of the molecule is Clc1cccc2oc3c4ccccc4c(-c4ccccc4)cc3c12. The van der Waals surface area contributed by atoms with E-state index < -0.39 is 0 Å². The van der Waals surface area contributed by atoms with Crippen molar-refractivity contribution in [3.8, 4) is 11.1 Å². The predicted molar refractivity (Wildman–Crippen MR) is 102 cm³/mol. The van der Waals surface area contributed by atoms with Gasteiger partial charge in [0.15, 0.2) is 0 Å². The van der Waals surface area contributed by atoms with Crippen LogP contribution in [0, 0.1) is 0 Å². The Kier molecular flexibility index (Phi) is 2.91. The van der Waals surface area contributed by atoms with E-state index in [0.717, 1.165) is 32.3 Å². The van der Waals surface area contributed by atoms with Crippen molar-refractivity contribution in [2.75, 3.05) is 0 Å². The van der Waals surface area contributed by atoms with Crippen molar-refractivity contribution >= 4 is 44.3 Å². The molecule has 0 atom stereocenters. The van der Waals surface area contributed by atoms with E-state index in [-0.39, 0.29) is 0 Å². The van der Waals surface area contributed by atoms with Gasteiger partial charge in [-0.1, -0.05) is 72.3 Å². The summed E-state index contributed by atoms with van der Waals surface area (Å²) in [5, 5.41) is 5.07.